The molecule has 1 saturated carbocycles. The molecule has 2 heterocycles. The molecule has 0 aliphatic heterocycles. The molecule has 0 bridgehead atoms. The first-order valence-corrected chi connectivity index (χ1v) is 6.82. The van der Waals surface area contributed by atoms with Crippen molar-refractivity contribution in [2.24, 2.45) is 0 Å². The summed E-state index contributed by atoms with van der Waals surface area (Å²) >= 11 is 0. The Kier molecular flexibility index (Phi) is 3.21. The van der Waals surface area contributed by atoms with Crippen molar-refractivity contribution in [3.63, 3.8) is 0 Å². The van der Waals surface area contributed by atoms with Crippen LogP contribution in [-0.2, 0) is 0 Å². The predicted molar refractivity (Wildman–Crippen MR) is 74.8 cm³/mol. The van der Waals surface area contributed by atoms with E-state index in [1.807, 2.05) is 0 Å². The van der Waals surface area contributed by atoms with Gasteiger partial charge in [-0.3, -0.25) is 0 Å². The van der Waals surface area contributed by atoms with E-state index in [4.69, 9.17) is 0 Å². The van der Waals surface area contributed by atoms with Gasteiger partial charge in [-0.25, -0.2) is 4.98 Å². The molecule has 0 amide bonds. The Bertz CT molecular complexity index is 570. The van der Waals surface area contributed by atoms with Crippen LogP contribution in [0.2, 0.25) is 0 Å². The van der Waals surface area contributed by atoms with Gasteiger partial charge in [-0.1, -0.05) is 6.92 Å². The van der Waals surface area contributed by atoms with Crippen LogP contribution in [0.5, 0.6) is 0 Å². The molecule has 8 nitrogen and oxygen atoms in total. The number of nitrogens with zero attached hydrogens (tertiary/aromatic N) is 6. The molecule has 0 unspecified atom stereocenters. The highest BCUT2D eigenvalue weighted by molar-refractivity contribution is 5.39. The van der Waals surface area contributed by atoms with Crippen molar-refractivity contribution in [3.05, 3.63) is 12.7 Å². The molecule has 0 aromatic carbocycles. The summed E-state index contributed by atoms with van der Waals surface area (Å²) in [6.45, 7) is 2.19. The van der Waals surface area contributed by atoms with Crippen molar-refractivity contribution in [2.75, 3.05) is 17.7 Å². The first kappa shape index (κ1) is 12.8. The van der Waals surface area contributed by atoms with E-state index in [2.05, 4.69) is 42.6 Å². The number of aromatic nitrogens is 6. The molecule has 1 aliphatic carbocycles. The first-order valence-electron chi connectivity index (χ1n) is 6.82. The van der Waals surface area contributed by atoms with Gasteiger partial charge in [0.2, 0.25) is 11.9 Å². The number of rotatable bonds is 5. The summed E-state index contributed by atoms with van der Waals surface area (Å²) in [6.07, 6.45) is 7.64. The van der Waals surface area contributed by atoms with Gasteiger partial charge in [0.15, 0.2) is 0 Å². The average Bonchev–Trinajstić information content (AvgIpc) is 2.96. The van der Waals surface area contributed by atoms with Crippen molar-refractivity contribution in [3.8, 4) is 5.95 Å². The smallest absolute Gasteiger partial charge is 0.258 e. The van der Waals surface area contributed by atoms with Crippen molar-refractivity contribution in [1.82, 2.24) is 29.7 Å². The van der Waals surface area contributed by atoms with Crippen molar-refractivity contribution in [1.29, 1.82) is 0 Å². The first-order chi connectivity index (χ1) is 9.74. The van der Waals surface area contributed by atoms with Crippen LogP contribution in [0.1, 0.15) is 32.6 Å². The number of hydrogen-bond donors (Lipinski definition) is 2. The van der Waals surface area contributed by atoms with Gasteiger partial charge in [0.25, 0.3) is 5.95 Å². The van der Waals surface area contributed by atoms with E-state index >= 15 is 0 Å². The molecule has 0 radical (unpaired) electrons. The summed E-state index contributed by atoms with van der Waals surface area (Å²) in [5, 5.41) is 10.5. The van der Waals surface area contributed by atoms with Crippen molar-refractivity contribution < 1.29 is 0 Å². The number of hydrogen-bond acceptors (Lipinski definition) is 7. The van der Waals surface area contributed by atoms with E-state index in [-0.39, 0.29) is 5.54 Å². The minimum Gasteiger partial charge on any atom is -0.357 e. The average molecular weight is 274 g/mol. The van der Waals surface area contributed by atoms with Crippen molar-refractivity contribution >= 4 is 11.9 Å². The lowest BCUT2D eigenvalue weighted by atomic mass is 9.75. The van der Waals surface area contributed by atoms with E-state index in [9.17, 15) is 0 Å². The van der Waals surface area contributed by atoms with Gasteiger partial charge in [-0.15, -0.1) is 0 Å². The van der Waals surface area contributed by atoms with Crippen LogP contribution < -0.4 is 10.6 Å². The molecule has 2 N–H and O–H groups in total. The fourth-order valence-corrected chi connectivity index (χ4v) is 2.35. The fourth-order valence-electron chi connectivity index (χ4n) is 2.35. The van der Waals surface area contributed by atoms with Gasteiger partial charge < -0.3 is 10.6 Å². The van der Waals surface area contributed by atoms with Crippen LogP contribution in [0, 0.1) is 0 Å². The van der Waals surface area contributed by atoms with E-state index in [0.29, 0.717) is 17.8 Å². The molecule has 0 saturated heterocycles. The van der Waals surface area contributed by atoms with Gasteiger partial charge in [-0.2, -0.15) is 24.7 Å². The predicted octanol–water partition coefficient (Wildman–Crippen LogP) is 1.24. The minimum absolute atomic E-state index is 0.131. The van der Waals surface area contributed by atoms with Gasteiger partial charge in [0, 0.05) is 12.6 Å². The van der Waals surface area contributed by atoms with Crippen LogP contribution >= 0.6 is 0 Å². The zero-order valence-corrected chi connectivity index (χ0v) is 11.7. The number of anilines is 2. The molecule has 0 atom stereocenters. The summed E-state index contributed by atoms with van der Waals surface area (Å²) in [6, 6.07) is 0. The lowest BCUT2D eigenvalue weighted by Gasteiger charge is -2.41. The Morgan fingerprint density at radius 1 is 1.25 bits per heavy atom. The van der Waals surface area contributed by atoms with Gasteiger partial charge in [-0.05, 0) is 25.7 Å². The molecule has 2 aromatic heterocycles. The summed E-state index contributed by atoms with van der Waals surface area (Å²) in [4.78, 5) is 17.0. The summed E-state index contributed by atoms with van der Waals surface area (Å²) in [5.74, 6) is 1.55. The lowest BCUT2D eigenvalue weighted by molar-refractivity contribution is 0.268. The highest BCUT2D eigenvalue weighted by Gasteiger charge is 2.35. The van der Waals surface area contributed by atoms with Crippen LogP contribution in [0.15, 0.2) is 12.7 Å². The van der Waals surface area contributed by atoms with Crippen LogP contribution in [0.4, 0.5) is 11.9 Å². The highest BCUT2D eigenvalue weighted by Crippen LogP contribution is 2.37. The monoisotopic (exact) mass is 274 g/mol. The Labute approximate surface area is 117 Å². The maximum Gasteiger partial charge on any atom is 0.258 e. The molecule has 0 spiro atoms. The Balaban J connectivity index is 1.92. The molecular formula is C12H18N8. The van der Waals surface area contributed by atoms with E-state index in [1.165, 1.54) is 17.4 Å². The third kappa shape index (κ3) is 2.28. The van der Waals surface area contributed by atoms with Gasteiger partial charge in [0.05, 0.1) is 0 Å². The number of nitrogens with one attached hydrogen (secondary N) is 2. The Morgan fingerprint density at radius 2 is 2.05 bits per heavy atom. The minimum atomic E-state index is 0.131. The maximum atomic E-state index is 4.43. The second kappa shape index (κ2) is 5.03. The van der Waals surface area contributed by atoms with E-state index < -0.39 is 0 Å². The Hall–Kier alpha value is -2.25. The van der Waals surface area contributed by atoms with Crippen LogP contribution in [0.3, 0.4) is 0 Å². The molecule has 1 fully saturated rings. The molecule has 1 aliphatic rings. The zero-order valence-electron chi connectivity index (χ0n) is 11.7. The maximum absolute atomic E-state index is 4.43. The van der Waals surface area contributed by atoms with Crippen molar-refractivity contribution in [2.45, 2.75) is 38.1 Å². The summed E-state index contributed by atoms with van der Waals surface area (Å²) in [7, 11) is 1.78. The Morgan fingerprint density at radius 3 is 2.60 bits per heavy atom. The largest absolute Gasteiger partial charge is 0.357 e. The third-order valence-corrected chi connectivity index (χ3v) is 3.84. The van der Waals surface area contributed by atoms with E-state index in [1.54, 1.807) is 13.4 Å². The van der Waals surface area contributed by atoms with Gasteiger partial charge in [0.1, 0.15) is 12.7 Å². The van der Waals surface area contributed by atoms with E-state index in [0.717, 1.165) is 19.3 Å². The lowest BCUT2D eigenvalue weighted by Crippen LogP contribution is -2.44. The SMILES string of the molecule is CCC1(Nc2nc(NC)nc(-n3cncn3)n2)CCC1. The standard InChI is InChI=1S/C12H18N8/c1-3-12(5-4-6-12)19-10-16-9(13-2)17-11(18-10)20-8-14-7-15-20/h7-8H,3-6H2,1-2H3,(H2,13,16,17,18,19). The molecular weight excluding hydrogens is 256 g/mol. The third-order valence-electron chi connectivity index (χ3n) is 3.84. The summed E-state index contributed by atoms with van der Waals surface area (Å²) < 4.78 is 1.52. The normalized spacial score (nSPS) is 16.5. The molecule has 2 aromatic rings. The molecule has 20 heavy (non-hydrogen) atoms. The highest BCUT2D eigenvalue weighted by atomic mass is 15.4. The zero-order chi connectivity index (χ0) is 14.0. The molecule has 8 heteroatoms. The molecule has 106 valence electrons. The summed E-state index contributed by atoms with van der Waals surface area (Å²) in [5.41, 5.74) is 0.131. The fraction of sp³-hybridized carbons (Fsp3) is 0.583. The second-order valence-corrected chi connectivity index (χ2v) is 4.99. The second-order valence-electron chi connectivity index (χ2n) is 4.99. The molecule has 3 rings (SSSR count). The van der Waals surface area contributed by atoms with Crippen LogP contribution in [-0.4, -0.2) is 42.3 Å². The quantitative estimate of drug-likeness (QED) is 0.847. The van der Waals surface area contributed by atoms with Crippen LogP contribution in [0.25, 0.3) is 5.95 Å². The topological polar surface area (TPSA) is 93.4 Å². The van der Waals surface area contributed by atoms with Gasteiger partial charge >= 0.3 is 0 Å².